The number of anilines is 1. The van der Waals surface area contributed by atoms with Gasteiger partial charge in [-0.3, -0.25) is 4.72 Å². The highest BCUT2D eigenvalue weighted by atomic mass is 32.2. The minimum atomic E-state index is -4.05. The van der Waals surface area contributed by atoms with Crippen LogP contribution in [-0.2, 0) is 10.0 Å². The van der Waals surface area contributed by atoms with Crippen LogP contribution in [0.4, 0.5) is 13.9 Å². The molecule has 0 saturated heterocycles. The Morgan fingerprint density at radius 1 is 1.18 bits per heavy atom. The smallest absolute Gasteiger partial charge is 0.253 e. The van der Waals surface area contributed by atoms with Gasteiger partial charge in [0.05, 0.1) is 4.90 Å². The second-order valence-electron chi connectivity index (χ2n) is 2.95. The van der Waals surface area contributed by atoms with Crippen molar-refractivity contribution in [2.45, 2.75) is 4.90 Å². The normalized spacial score (nSPS) is 11.4. The Balaban J connectivity index is 2.38. The maximum Gasteiger partial charge on any atom is 0.263 e. The summed E-state index contributed by atoms with van der Waals surface area (Å²) in [6, 6.07) is 2.02. The van der Waals surface area contributed by atoms with Crippen LogP contribution in [0.3, 0.4) is 0 Å². The first-order chi connectivity index (χ1) is 7.97. The number of rotatable bonds is 3. The maximum absolute atomic E-state index is 12.9. The van der Waals surface area contributed by atoms with Gasteiger partial charge in [0.15, 0.2) is 0 Å². The Bertz CT molecular complexity index is 608. The summed E-state index contributed by atoms with van der Waals surface area (Å²) in [6.45, 7) is 0. The lowest BCUT2D eigenvalue weighted by Crippen LogP contribution is -2.13. The lowest BCUT2D eigenvalue weighted by Gasteiger charge is -2.04. The van der Waals surface area contributed by atoms with E-state index in [1.807, 2.05) is 0 Å². The van der Waals surface area contributed by atoms with E-state index in [0.717, 1.165) is 11.3 Å². The minimum absolute atomic E-state index is 0.0228. The van der Waals surface area contributed by atoms with Crippen LogP contribution >= 0.6 is 11.3 Å². The van der Waals surface area contributed by atoms with E-state index in [-0.39, 0.29) is 5.13 Å². The molecular formula is C8H5F2N3O2S2. The van der Waals surface area contributed by atoms with Crippen molar-refractivity contribution in [3.8, 4) is 0 Å². The summed E-state index contributed by atoms with van der Waals surface area (Å²) < 4.78 is 51.2. The fourth-order valence-electron chi connectivity index (χ4n) is 1.08. The molecule has 5 nitrogen and oxygen atoms in total. The Labute approximate surface area is 99.2 Å². The van der Waals surface area contributed by atoms with E-state index in [9.17, 15) is 17.2 Å². The molecule has 0 bridgehead atoms. The fourth-order valence-corrected chi connectivity index (χ4v) is 2.81. The van der Waals surface area contributed by atoms with E-state index in [4.69, 9.17) is 0 Å². The third-order valence-electron chi connectivity index (χ3n) is 1.73. The van der Waals surface area contributed by atoms with Crippen LogP contribution in [0.2, 0.25) is 0 Å². The third kappa shape index (κ3) is 2.74. The van der Waals surface area contributed by atoms with Crippen molar-refractivity contribution in [2.75, 3.05) is 4.72 Å². The molecule has 1 N–H and O–H groups in total. The second-order valence-corrected chi connectivity index (χ2v) is 5.47. The number of nitrogens with zero attached hydrogens (tertiary/aromatic N) is 2. The van der Waals surface area contributed by atoms with Gasteiger partial charge in [0.25, 0.3) is 10.0 Å². The lowest BCUT2D eigenvalue weighted by molar-refractivity contribution is 0.568. The molecule has 1 heterocycles. The summed E-state index contributed by atoms with van der Waals surface area (Å²) in [5, 5.41) is 6.91. The topological polar surface area (TPSA) is 72.0 Å². The van der Waals surface area contributed by atoms with Crippen LogP contribution < -0.4 is 4.72 Å². The van der Waals surface area contributed by atoms with E-state index in [1.165, 1.54) is 5.51 Å². The van der Waals surface area contributed by atoms with Crippen molar-refractivity contribution in [2.24, 2.45) is 0 Å². The molecule has 0 atom stereocenters. The molecule has 0 aliphatic carbocycles. The number of hydrogen-bond donors (Lipinski definition) is 1. The molecule has 1 aromatic heterocycles. The standard InChI is InChI=1S/C8H5F2N3O2S2/c9-5-1-6(10)3-7(2-5)17(14,15)13-8-12-11-4-16-8/h1-4H,(H,12,13). The van der Waals surface area contributed by atoms with Gasteiger partial charge in [-0.2, -0.15) is 0 Å². The number of aromatic nitrogens is 2. The Kier molecular flexibility index (Phi) is 3.03. The van der Waals surface area contributed by atoms with Gasteiger partial charge in [0.2, 0.25) is 5.13 Å². The van der Waals surface area contributed by atoms with Crippen LogP contribution in [-0.4, -0.2) is 18.6 Å². The number of hydrogen-bond acceptors (Lipinski definition) is 5. The van der Waals surface area contributed by atoms with Gasteiger partial charge in [-0.15, -0.1) is 10.2 Å². The van der Waals surface area contributed by atoms with Gasteiger partial charge in [0.1, 0.15) is 17.1 Å². The average molecular weight is 277 g/mol. The molecule has 1 aromatic carbocycles. The molecule has 0 radical (unpaired) electrons. The number of halogens is 2. The van der Waals surface area contributed by atoms with E-state index >= 15 is 0 Å². The third-order valence-corrected chi connectivity index (χ3v) is 3.78. The highest BCUT2D eigenvalue weighted by molar-refractivity contribution is 7.93. The molecule has 2 rings (SSSR count). The summed E-state index contributed by atoms with van der Waals surface area (Å²) in [6.07, 6.45) is 0. The quantitative estimate of drug-likeness (QED) is 0.925. The van der Waals surface area contributed by atoms with Crippen LogP contribution in [0.15, 0.2) is 28.6 Å². The van der Waals surface area contributed by atoms with E-state index in [2.05, 4.69) is 14.9 Å². The monoisotopic (exact) mass is 277 g/mol. The van der Waals surface area contributed by atoms with Gasteiger partial charge in [-0.05, 0) is 12.1 Å². The predicted octanol–water partition coefficient (Wildman–Crippen LogP) is 1.62. The van der Waals surface area contributed by atoms with Crippen LogP contribution in [0.5, 0.6) is 0 Å². The van der Waals surface area contributed by atoms with Crippen LogP contribution in [0, 0.1) is 11.6 Å². The second kappa shape index (κ2) is 4.34. The summed E-state index contributed by atoms with van der Waals surface area (Å²) in [5.74, 6) is -1.94. The Hall–Kier alpha value is -1.61. The molecular weight excluding hydrogens is 272 g/mol. The summed E-state index contributed by atoms with van der Waals surface area (Å²) in [4.78, 5) is -0.509. The predicted molar refractivity (Wildman–Crippen MR) is 57.1 cm³/mol. The molecule has 0 fully saturated rings. The highest BCUT2D eigenvalue weighted by Gasteiger charge is 2.17. The molecule has 0 amide bonds. The maximum atomic E-state index is 12.9. The molecule has 0 aliphatic heterocycles. The first kappa shape index (κ1) is 11.9. The largest absolute Gasteiger partial charge is 0.263 e. The van der Waals surface area contributed by atoms with Gasteiger partial charge in [0, 0.05) is 6.07 Å². The van der Waals surface area contributed by atoms with Crippen LogP contribution in [0.25, 0.3) is 0 Å². The molecule has 0 spiro atoms. The molecule has 2 aromatic rings. The molecule has 90 valence electrons. The first-order valence-electron chi connectivity index (χ1n) is 4.22. The SMILES string of the molecule is O=S(=O)(Nc1nncs1)c1cc(F)cc(F)c1. The Morgan fingerprint density at radius 3 is 2.35 bits per heavy atom. The summed E-state index contributed by atoms with van der Waals surface area (Å²) in [5.41, 5.74) is 1.32. The molecule has 0 saturated carbocycles. The van der Waals surface area contributed by atoms with Crippen molar-refractivity contribution in [1.82, 2.24) is 10.2 Å². The van der Waals surface area contributed by atoms with Crippen molar-refractivity contribution in [1.29, 1.82) is 0 Å². The number of nitrogens with one attached hydrogen (secondary N) is 1. The van der Waals surface area contributed by atoms with Gasteiger partial charge >= 0.3 is 0 Å². The van der Waals surface area contributed by atoms with Crippen LogP contribution in [0.1, 0.15) is 0 Å². The summed E-state index contributed by atoms with van der Waals surface area (Å²) >= 11 is 0.953. The van der Waals surface area contributed by atoms with E-state index in [0.29, 0.717) is 18.2 Å². The average Bonchev–Trinajstić information content (AvgIpc) is 2.68. The zero-order chi connectivity index (χ0) is 12.5. The lowest BCUT2D eigenvalue weighted by atomic mass is 10.3. The van der Waals surface area contributed by atoms with Crippen molar-refractivity contribution >= 4 is 26.5 Å². The number of benzene rings is 1. The van der Waals surface area contributed by atoms with Gasteiger partial charge < -0.3 is 0 Å². The highest BCUT2D eigenvalue weighted by Crippen LogP contribution is 2.18. The molecule has 0 aliphatic rings. The Morgan fingerprint density at radius 2 is 1.82 bits per heavy atom. The first-order valence-corrected chi connectivity index (χ1v) is 6.59. The zero-order valence-electron chi connectivity index (χ0n) is 8.09. The fraction of sp³-hybridized carbons (Fsp3) is 0. The van der Waals surface area contributed by atoms with Crippen molar-refractivity contribution in [3.05, 3.63) is 35.3 Å². The van der Waals surface area contributed by atoms with Crippen molar-refractivity contribution < 1.29 is 17.2 Å². The van der Waals surface area contributed by atoms with Crippen molar-refractivity contribution in [3.63, 3.8) is 0 Å². The summed E-state index contributed by atoms with van der Waals surface area (Å²) in [7, 11) is -4.05. The van der Waals surface area contributed by atoms with E-state index < -0.39 is 26.6 Å². The molecule has 17 heavy (non-hydrogen) atoms. The van der Waals surface area contributed by atoms with E-state index in [1.54, 1.807) is 0 Å². The van der Waals surface area contributed by atoms with Gasteiger partial charge in [-0.25, -0.2) is 17.2 Å². The van der Waals surface area contributed by atoms with Gasteiger partial charge in [-0.1, -0.05) is 11.3 Å². The minimum Gasteiger partial charge on any atom is -0.253 e. The number of sulfonamides is 1. The molecule has 0 unspecified atom stereocenters. The molecule has 9 heteroatoms. The zero-order valence-corrected chi connectivity index (χ0v) is 9.73.